The highest BCUT2D eigenvalue weighted by atomic mass is 35.5. The molecule has 1 aromatic rings. The Morgan fingerprint density at radius 1 is 1.45 bits per heavy atom. The lowest BCUT2D eigenvalue weighted by Crippen LogP contribution is -2.06. The van der Waals surface area contributed by atoms with Gasteiger partial charge in [0.1, 0.15) is 0 Å². The van der Waals surface area contributed by atoms with Gasteiger partial charge in [-0.15, -0.1) is 0 Å². The summed E-state index contributed by atoms with van der Waals surface area (Å²) in [6.07, 6.45) is 15.4. The van der Waals surface area contributed by atoms with Crippen LogP contribution >= 0.6 is 11.6 Å². The maximum Gasteiger partial charge on any atom is 0.0375 e. The molecule has 104 valence electrons. The maximum absolute atomic E-state index is 6.29. The first-order valence-corrected chi connectivity index (χ1v) is 7.19. The Hall–Kier alpha value is -1.80. The van der Waals surface area contributed by atoms with E-state index in [4.69, 9.17) is 17.3 Å². The topological polar surface area (TPSA) is 38.9 Å². The Bertz CT molecular complexity index is 568. The average Bonchev–Trinajstić information content (AvgIpc) is 2.47. The van der Waals surface area contributed by atoms with Gasteiger partial charge in [0.15, 0.2) is 0 Å². The van der Waals surface area contributed by atoms with E-state index < -0.39 is 0 Å². The van der Waals surface area contributed by atoms with Crippen LogP contribution in [0.1, 0.15) is 25.3 Å². The Morgan fingerprint density at radius 2 is 2.20 bits per heavy atom. The first-order valence-electron chi connectivity index (χ1n) is 6.81. The number of hydrogen-bond acceptors (Lipinski definition) is 2. The number of nitrogens with two attached hydrogens (primary N) is 1. The number of nitrogens with zero attached hydrogens (tertiary/aromatic N) is 1. The Kier molecular flexibility index (Phi) is 5.19. The third-order valence-corrected chi connectivity index (χ3v) is 3.56. The van der Waals surface area contributed by atoms with Crippen LogP contribution in [0.4, 0.5) is 0 Å². The summed E-state index contributed by atoms with van der Waals surface area (Å²) in [6, 6.07) is 4.03. The van der Waals surface area contributed by atoms with Gasteiger partial charge in [0.05, 0.1) is 0 Å². The zero-order valence-corrected chi connectivity index (χ0v) is 12.3. The molecule has 1 aliphatic carbocycles. The van der Waals surface area contributed by atoms with Gasteiger partial charge in [0.25, 0.3) is 0 Å². The van der Waals surface area contributed by atoms with E-state index in [9.17, 15) is 0 Å². The smallest absolute Gasteiger partial charge is 0.0375 e. The van der Waals surface area contributed by atoms with Crippen LogP contribution in [-0.4, -0.2) is 4.98 Å². The number of aromatic nitrogens is 1. The van der Waals surface area contributed by atoms with Gasteiger partial charge in [-0.3, -0.25) is 4.98 Å². The summed E-state index contributed by atoms with van der Waals surface area (Å²) >= 11 is 6.29. The highest BCUT2D eigenvalue weighted by molar-refractivity contribution is 6.31. The molecule has 1 heterocycles. The Balaban J connectivity index is 2.29. The van der Waals surface area contributed by atoms with E-state index in [-0.39, 0.29) is 5.92 Å². The van der Waals surface area contributed by atoms with Gasteiger partial charge < -0.3 is 5.73 Å². The molecule has 1 aliphatic rings. The molecule has 0 radical (unpaired) electrons. The summed E-state index contributed by atoms with van der Waals surface area (Å²) in [4.78, 5) is 4.06. The van der Waals surface area contributed by atoms with Crippen LogP contribution in [0.2, 0.25) is 0 Å². The third-order valence-electron chi connectivity index (χ3n) is 3.32. The van der Waals surface area contributed by atoms with Crippen LogP contribution in [-0.2, 0) is 0 Å². The highest BCUT2D eigenvalue weighted by Gasteiger charge is 2.18. The zero-order chi connectivity index (χ0) is 14.4. The second-order valence-electron chi connectivity index (χ2n) is 4.74. The summed E-state index contributed by atoms with van der Waals surface area (Å²) < 4.78 is 0. The molecule has 0 spiro atoms. The monoisotopic (exact) mass is 286 g/mol. The van der Waals surface area contributed by atoms with Gasteiger partial charge in [-0.1, -0.05) is 30.7 Å². The van der Waals surface area contributed by atoms with Crippen LogP contribution < -0.4 is 5.73 Å². The van der Waals surface area contributed by atoms with E-state index in [1.165, 1.54) is 16.7 Å². The molecule has 20 heavy (non-hydrogen) atoms. The lowest BCUT2D eigenvalue weighted by molar-refractivity contribution is 0.790. The minimum atomic E-state index is 0.274. The molecule has 0 aliphatic heterocycles. The molecule has 1 unspecified atom stereocenters. The third kappa shape index (κ3) is 3.61. The summed E-state index contributed by atoms with van der Waals surface area (Å²) in [5, 5.41) is 0.778. The molecule has 0 aromatic carbocycles. The summed E-state index contributed by atoms with van der Waals surface area (Å²) in [7, 11) is 0. The Labute approximate surface area is 125 Å². The van der Waals surface area contributed by atoms with Crippen LogP contribution in [0.5, 0.6) is 0 Å². The minimum Gasteiger partial charge on any atom is -0.405 e. The van der Waals surface area contributed by atoms with Crippen LogP contribution in [0, 0.1) is 5.92 Å². The molecule has 1 aromatic heterocycles. The number of halogens is 1. The molecule has 2 nitrogen and oxygen atoms in total. The van der Waals surface area contributed by atoms with Gasteiger partial charge in [-0.25, -0.2) is 0 Å². The van der Waals surface area contributed by atoms with E-state index >= 15 is 0 Å². The fourth-order valence-electron chi connectivity index (χ4n) is 2.43. The van der Waals surface area contributed by atoms with Gasteiger partial charge in [-0.2, -0.15) is 0 Å². The molecule has 0 saturated carbocycles. The molecule has 1 atom stereocenters. The predicted molar refractivity (Wildman–Crippen MR) is 86.0 cm³/mol. The maximum atomic E-state index is 6.29. The molecule has 0 bridgehead atoms. The van der Waals surface area contributed by atoms with Crippen molar-refractivity contribution < 1.29 is 0 Å². The van der Waals surface area contributed by atoms with E-state index in [0.717, 1.165) is 17.9 Å². The normalized spacial score (nSPS) is 19.9. The van der Waals surface area contributed by atoms with Crippen molar-refractivity contribution in [2.75, 3.05) is 0 Å². The standard InChI is InChI=1S/C17H19ClN2/c1-2-3-13(4-7-19)15-10-16(12-17(18)11-15)14-5-8-20-9-6-14/h3-9,11-12,15H,2,10,19H2,1H3/b7-4-,13-3+. The second-order valence-corrected chi connectivity index (χ2v) is 5.18. The molecule has 3 heteroatoms. The van der Waals surface area contributed by atoms with E-state index in [1.54, 1.807) is 18.6 Å². The molecule has 0 saturated heterocycles. The lowest BCUT2D eigenvalue weighted by Gasteiger charge is -2.21. The minimum absolute atomic E-state index is 0.274. The van der Waals surface area contributed by atoms with Gasteiger partial charge in [-0.05, 0) is 60.0 Å². The van der Waals surface area contributed by atoms with Crippen LogP contribution in [0.25, 0.3) is 5.57 Å². The molecule has 0 amide bonds. The quantitative estimate of drug-likeness (QED) is 0.832. The van der Waals surface area contributed by atoms with Gasteiger partial charge in [0, 0.05) is 23.3 Å². The SMILES string of the molecule is CC/C=C(\C=C/N)C1C=C(Cl)C=C(c2ccncc2)C1. The van der Waals surface area contributed by atoms with Crippen LogP contribution in [0.15, 0.2) is 65.6 Å². The Morgan fingerprint density at radius 3 is 2.85 bits per heavy atom. The number of rotatable bonds is 4. The van der Waals surface area contributed by atoms with Crippen molar-refractivity contribution in [1.82, 2.24) is 4.98 Å². The van der Waals surface area contributed by atoms with Crippen LogP contribution in [0.3, 0.4) is 0 Å². The summed E-state index contributed by atoms with van der Waals surface area (Å²) in [6.45, 7) is 2.12. The lowest BCUT2D eigenvalue weighted by atomic mass is 9.85. The molecule has 2 rings (SSSR count). The zero-order valence-electron chi connectivity index (χ0n) is 11.6. The van der Waals surface area contributed by atoms with Crippen molar-refractivity contribution in [3.8, 4) is 0 Å². The van der Waals surface area contributed by atoms with E-state index in [2.05, 4.69) is 24.1 Å². The van der Waals surface area contributed by atoms with Crippen molar-refractivity contribution in [2.24, 2.45) is 11.7 Å². The van der Waals surface area contributed by atoms with E-state index in [0.29, 0.717) is 0 Å². The second kappa shape index (κ2) is 7.11. The predicted octanol–water partition coefficient (Wildman–Crippen LogP) is 4.42. The largest absolute Gasteiger partial charge is 0.405 e. The van der Waals surface area contributed by atoms with Gasteiger partial charge >= 0.3 is 0 Å². The number of hydrogen-bond donors (Lipinski definition) is 1. The van der Waals surface area contributed by atoms with Crippen molar-refractivity contribution in [2.45, 2.75) is 19.8 Å². The van der Waals surface area contributed by atoms with Crippen molar-refractivity contribution in [1.29, 1.82) is 0 Å². The number of allylic oxidation sites excluding steroid dienone is 7. The van der Waals surface area contributed by atoms with Crippen molar-refractivity contribution in [3.63, 3.8) is 0 Å². The summed E-state index contributed by atoms with van der Waals surface area (Å²) in [5.41, 5.74) is 9.17. The number of pyridine rings is 1. The first kappa shape index (κ1) is 14.6. The molecular weight excluding hydrogens is 268 g/mol. The molecule has 2 N–H and O–H groups in total. The van der Waals surface area contributed by atoms with E-state index in [1.807, 2.05) is 24.3 Å². The van der Waals surface area contributed by atoms with Crippen molar-refractivity contribution in [3.05, 3.63) is 71.2 Å². The molecule has 0 fully saturated rings. The first-order chi connectivity index (χ1) is 9.74. The van der Waals surface area contributed by atoms with Crippen molar-refractivity contribution >= 4 is 17.2 Å². The average molecular weight is 287 g/mol. The highest BCUT2D eigenvalue weighted by Crippen LogP contribution is 2.35. The summed E-state index contributed by atoms with van der Waals surface area (Å²) in [5.74, 6) is 0.274. The fraction of sp³-hybridized carbons (Fsp3) is 0.235. The molecular formula is C17H19ClN2. The van der Waals surface area contributed by atoms with Gasteiger partial charge in [0.2, 0.25) is 0 Å². The fourth-order valence-corrected chi connectivity index (χ4v) is 2.72.